The fourth-order valence-corrected chi connectivity index (χ4v) is 1.46. The molecule has 0 saturated carbocycles. The highest BCUT2D eigenvalue weighted by molar-refractivity contribution is 5.84. The number of aliphatic hydroxyl groups excluding tert-OH is 1. The predicted octanol–water partition coefficient (Wildman–Crippen LogP) is 2.02. The van der Waals surface area contributed by atoms with Crippen LogP contribution < -0.4 is 5.32 Å². The van der Waals surface area contributed by atoms with E-state index in [1.54, 1.807) is 45.0 Å². The molecule has 3 N–H and O–H groups in total. The summed E-state index contributed by atoms with van der Waals surface area (Å²) < 4.78 is 5.10. The number of aliphatic hydroxyl groups is 1. The largest absolute Gasteiger partial charge is 0.479 e. The predicted molar refractivity (Wildman–Crippen MR) is 73.6 cm³/mol. The molecule has 0 aromatic heterocycles. The number of ether oxygens (including phenoxy) is 1. The summed E-state index contributed by atoms with van der Waals surface area (Å²) in [6.07, 6.45) is -1.97. The monoisotopic (exact) mass is 281 g/mol. The van der Waals surface area contributed by atoms with E-state index in [0.717, 1.165) is 0 Å². The summed E-state index contributed by atoms with van der Waals surface area (Å²) in [7, 11) is 0. The normalized spacial score (nSPS) is 12.6. The van der Waals surface area contributed by atoms with Crippen LogP contribution in [0.1, 0.15) is 26.3 Å². The third-order valence-corrected chi connectivity index (χ3v) is 2.31. The fourth-order valence-electron chi connectivity index (χ4n) is 1.46. The molecule has 1 atom stereocenters. The van der Waals surface area contributed by atoms with Crippen molar-refractivity contribution in [3.8, 4) is 0 Å². The zero-order chi connectivity index (χ0) is 15.3. The second-order valence-corrected chi connectivity index (χ2v) is 5.38. The number of hydrogen-bond acceptors (Lipinski definition) is 4. The number of carboxylic acid groups (broad SMARTS) is 1. The minimum Gasteiger partial charge on any atom is -0.479 e. The SMILES string of the molecule is CC(C)(C)OC(=O)Nc1ccc(CC(O)C(=O)O)cc1. The molecule has 0 heterocycles. The first-order valence-corrected chi connectivity index (χ1v) is 6.17. The Hall–Kier alpha value is -2.08. The van der Waals surface area contributed by atoms with Crippen molar-refractivity contribution in [1.82, 2.24) is 0 Å². The van der Waals surface area contributed by atoms with Gasteiger partial charge in [0.25, 0.3) is 0 Å². The highest BCUT2D eigenvalue weighted by atomic mass is 16.6. The van der Waals surface area contributed by atoms with Crippen LogP contribution >= 0.6 is 0 Å². The van der Waals surface area contributed by atoms with Crippen LogP contribution in [0.2, 0.25) is 0 Å². The lowest BCUT2D eigenvalue weighted by Crippen LogP contribution is -2.27. The van der Waals surface area contributed by atoms with E-state index < -0.39 is 23.8 Å². The van der Waals surface area contributed by atoms with Gasteiger partial charge in [-0.15, -0.1) is 0 Å². The number of hydrogen-bond donors (Lipinski definition) is 3. The summed E-state index contributed by atoms with van der Waals surface area (Å²) in [5, 5.41) is 20.4. The molecule has 110 valence electrons. The average molecular weight is 281 g/mol. The highest BCUT2D eigenvalue weighted by Crippen LogP contribution is 2.14. The Balaban J connectivity index is 2.59. The smallest absolute Gasteiger partial charge is 0.412 e. The zero-order valence-corrected chi connectivity index (χ0v) is 11.7. The van der Waals surface area contributed by atoms with E-state index >= 15 is 0 Å². The molecule has 1 unspecified atom stereocenters. The van der Waals surface area contributed by atoms with Crippen LogP contribution in [0.25, 0.3) is 0 Å². The number of benzene rings is 1. The third-order valence-electron chi connectivity index (χ3n) is 2.31. The van der Waals surface area contributed by atoms with E-state index in [1.807, 2.05) is 0 Å². The van der Waals surface area contributed by atoms with Crippen molar-refractivity contribution < 1.29 is 24.5 Å². The number of amides is 1. The maximum atomic E-state index is 11.5. The van der Waals surface area contributed by atoms with Crippen molar-refractivity contribution in [1.29, 1.82) is 0 Å². The first-order valence-electron chi connectivity index (χ1n) is 6.17. The summed E-state index contributed by atoms with van der Waals surface area (Å²) in [5.74, 6) is -1.26. The van der Waals surface area contributed by atoms with Gasteiger partial charge >= 0.3 is 12.1 Å². The van der Waals surface area contributed by atoms with Gasteiger partial charge in [0.05, 0.1) is 0 Å². The van der Waals surface area contributed by atoms with Gasteiger partial charge in [0.15, 0.2) is 6.10 Å². The maximum Gasteiger partial charge on any atom is 0.412 e. The van der Waals surface area contributed by atoms with Gasteiger partial charge in [-0.2, -0.15) is 0 Å². The minimum atomic E-state index is -1.43. The molecule has 1 rings (SSSR count). The van der Waals surface area contributed by atoms with Gasteiger partial charge in [0.1, 0.15) is 5.60 Å². The van der Waals surface area contributed by atoms with E-state index in [4.69, 9.17) is 9.84 Å². The highest BCUT2D eigenvalue weighted by Gasteiger charge is 2.16. The van der Waals surface area contributed by atoms with Gasteiger partial charge in [0.2, 0.25) is 0 Å². The molecule has 0 radical (unpaired) electrons. The molecule has 0 aliphatic rings. The van der Waals surface area contributed by atoms with Crippen LogP contribution in [0.4, 0.5) is 10.5 Å². The Labute approximate surface area is 117 Å². The molecular formula is C14H19NO5. The van der Waals surface area contributed by atoms with Crippen LogP contribution in [-0.4, -0.2) is 34.0 Å². The molecule has 0 bridgehead atoms. The Kier molecular flexibility index (Phi) is 5.10. The number of carboxylic acids is 1. The van der Waals surface area contributed by atoms with Gasteiger partial charge in [-0.1, -0.05) is 12.1 Å². The number of carbonyl (C=O) groups excluding carboxylic acids is 1. The number of aliphatic carboxylic acids is 1. The molecule has 1 aromatic rings. The molecule has 20 heavy (non-hydrogen) atoms. The lowest BCUT2D eigenvalue weighted by molar-refractivity contribution is -0.146. The topological polar surface area (TPSA) is 95.9 Å². The van der Waals surface area contributed by atoms with Gasteiger partial charge in [-0.25, -0.2) is 9.59 Å². The van der Waals surface area contributed by atoms with Crippen molar-refractivity contribution in [2.75, 3.05) is 5.32 Å². The van der Waals surface area contributed by atoms with Gasteiger partial charge < -0.3 is 14.9 Å². The lowest BCUT2D eigenvalue weighted by Gasteiger charge is -2.19. The summed E-state index contributed by atoms with van der Waals surface area (Å²) in [6, 6.07) is 6.51. The third kappa shape index (κ3) is 5.71. The number of nitrogens with one attached hydrogen (secondary N) is 1. The van der Waals surface area contributed by atoms with Gasteiger partial charge in [-0.3, -0.25) is 5.32 Å². The minimum absolute atomic E-state index is 0.0159. The van der Waals surface area contributed by atoms with Crippen molar-refractivity contribution in [2.45, 2.75) is 38.9 Å². The molecule has 6 nitrogen and oxygen atoms in total. The van der Waals surface area contributed by atoms with Gasteiger partial charge in [0, 0.05) is 12.1 Å². The molecule has 1 aromatic carbocycles. The van der Waals surface area contributed by atoms with Crippen molar-refractivity contribution >= 4 is 17.7 Å². The average Bonchev–Trinajstić information content (AvgIpc) is 2.28. The first kappa shape index (κ1) is 16.0. The first-order chi connectivity index (χ1) is 9.17. The Morgan fingerprint density at radius 2 is 1.80 bits per heavy atom. The quantitative estimate of drug-likeness (QED) is 0.784. The zero-order valence-electron chi connectivity index (χ0n) is 11.7. The van der Waals surface area contributed by atoms with Crippen LogP contribution in [0.3, 0.4) is 0 Å². The van der Waals surface area contributed by atoms with Crippen LogP contribution in [-0.2, 0) is 16.0 Å². The number of anilines is 1. The molecule has 1 amide bonds. The number of carbonyl (C=O) groups is 2. The van der Waals surface area contributed by atoms with Crippen molar-refractivity contribution in [2.24, 2.45) is 0 Å². The summed E-state index contributed by atoms with van der Waals surface area (Å²) in [4.78, 5) is 22.1. The lowest BCUT2D eigenvalue weighted by atomic mass is 10.1. The van der Waals surface area contributed by atoms with Crippen LogP contribution in [0.15, 0.2) is 24.3 Å². The van der Waals surface area contributed by atoms with E-state index in [-0.39, 0.29) is 6.42 Å². The van der Waals surface area contributed by atoms with Crippen molar-refractivity contribution in [3.63, 3.8) is 0 Å². The van der Waals surface area contributed by atoms with Crippen LogP contribution in [0, 0.1) is 0 Å². The van der Waals surface area contributed by atoms with Crippen molar-refractivity contribution in [3.05, 3.63) is 29.8 Å². The summed E-state index contributed by atoms with van der Waals surface area (Å²) in [6.45, 7) is 5.30. The van der Waals surface area contributed by atoms with E-state index in [1.165, 1.54) is 0 Å². The number of rotatable bonds is 4. The second kappa shape index (κ2) is 6.38. The van der Waals surface area contributed by atoms with E-state index in [9.17, 15) is 14.7 Å². The Morgan fingerprint density at radius 3 is 2.25 bits per heavy atom. The summed E-state index contributed by atoms with van der Waals surface area (Å²) in [5.41, 5.74) is 0.623. The Bertz CT molecular complexity index is 475. The molecule has 6 heteroatoms. The standard InChI is InChI=1S/C14H19NO5/c1-14(2,3)20-13(19)15-10-6-4-9(5-7-10)8-11(16)12(17)18/h4-7,11,16H,8H2,1-3H3,(H,15,19)(H,17,18). The molecule has 0 saturated heterocycles. The molecular weight excluding hydrogens is 262 g/mol. The molecule has 0 aliphatic heterocycles. The maximum absolute atomic E-state index is 11.5. The summed E-state index contributed by atoms with van der Waals surface area (Å²) >= 11 is 0. The second-order valence-electron chi connectivity index (χ2n) is 5.38. The van der Waals surface area contributed by atoms with E-state index in [2.05, 4.69) is 5.32 Å². The molecule has 0 fully saturated rings. The van der Waals surface area contributed by atoms with E-state index in [0.29, 0.717) is 11.3 Å². The molecule has 0 aliphatic carbocycles. The van der Waals surface area contributed by atoms with Gasteiger partial charge in [-0.05, 0) is 38.5 Å². The van der Waals surface area contributed by atoms with Crippen LogP contribution in [0.5, 0.6) is 0 Å². The Morgan fingerprint density at radius 1 is 1.25 bits per heavy atom. The fraction of sp³-hybridized carbons (Fsp3) is 0.429. The molecule has 0 spiro atoms.